The minimum Gasteiger partial charge on any atom is -0.340 e. The zero-order valence-electron chi connectivity index (χ0n) is 13.4. The largest absolute Gasteiger partial charge is 0.340 e. The van der Waals surface area contributed by atoms with Gasteiger partial charge in [0.15, 0.2) is 0 Å². The van der Waals surface area contributed by atoms with E-state index in [1.54, 1.807) is 0 Å². The molecule has 3 nitrogen and oxygen atoms in total. The highest BCUT2D eigenvalue weighted by molar-refractivity contribution is 5.79. The Hall–Kier alpha value is -1.49. The summed E-state index contributed by atoms with van der Waals surface area (Å²) in [6.45, 7) is 4.02. The summed E-state index contributed by atoms with van der Waals surface area (Å²) >= 11 is 0. The average Bonchev–Trinajstić information content (AvgIpc) is 2.56. The van der Waals surface area contributed by atoms with E-state index in [1.807, 2.05) is 23.1 Å². The van der Waals surface area contributed by atoms with Crippen LogP contribution in [0.1, 0.15) is 31.2 Å². The van der Waals surface area contributed by atoms with Crippen molar-refractivity contribution in [3.05, 3.63) is 35.9 Å². The molecule has 126 valence electrons. The van der Waals surface area contributed by atoms with E-state index in [0.717, 1.165) is 19.6 Å². The number of benzene rings is 1. The van der Waals surface area contributed by atoms with Gasteiger partial charge in [0.2, 0.25) is 11.8 Å². The van der Waals surface area contributed by atoms with E-state index in [0.29, 0.717) is 25.9 Å². The minimum atomic E-state index is -2.56. The molecule has 5 heteroatoms. The van der Waals surface area contributed by atoms with Crippen LogP contribution in [0.3, 0.4) is 0 Å². The van der Waals surface area contributed by atoms with Gasteiger partial charge in [-0.25, -0.2) is 8.78 Å². The fourth-order valence-corrected chi connectivity index (χ4v) is 3.51. The molecule has 0 spiro atoms. The first-order valence-electron chi connectivity index (χ1n) is 8.46. The van der Waals surface area contributed by atoms with Gasteiger partial charge in [-0.15, -0.1) is 0 Å². The molecule has 0 N–H and O–H groups in total. The summed E-state index contributed by atoms with van der Waals surface area (Å²) in [6, 6.07) is 10.3. The molecule has 1 saturated heterocycles. The van der Waals surface area contributed by atoms with Crippen LogP contribution in [0.2, 0.25) is 0 Å². The molecule has 0 unspecified atom stereocenters. The third-order valence-corrected chi connectivity index (χ3v) is 5.00. The predicted molar refractivity (Wildman–Crippen MR) is 85.2 cm³/mol. The molecule has 1 aromatic carbocycles. The second-order valence-corrected chi connectivity index (χ2v) is 6.72. The molecule has 1 saturated carbocycles. The Kier molecular flexibility index (Phi) is 4.95. The maximum absolute atomic E-state index is 13.2. The summed E-state index contributed by atoms with van der Waals surface area (Å²) in [6.07, 6.45) is 0.376. The molecular formula is C18H24F2N2O. The average molecular weight is 322 g/mol. The first-order chi connectivity index (χ1) is 11.0. The summed E-state index contributed by atoms with van der Waals surface area (Å²) in [5.74, 6) is -2.68. The fourth-order valence-electron chi connectivity index (χ4n) is 3.51. The lowest BCUT2D eigenvalue weighted by molar-refractivity contribution is -0.141. The Bertz CT molecular complexity index is 517. The molecule has 2 fully saturated rings. The van der Waals surface area contributed by atoms with E-state index >= 15 is 0 Å². The number of alkyl halides is 2. The van der Waals surface area contributed by atoms with Gasteiger partial charge in [-0.1, -0.05) is 30.3 Å². The summed E-state index contributed by atoms with van der Waals surface area (Å²) < 4.78 is 26.4. The first-order valence-corrected chi connectivity index (χ1v) is 8.46. The molecule has 3 rings (SSSR count). The number of hydrogen-bond acceptors (Lipinski definition) is 2. The van der Waals surface area contributed by atoms with Crippen LogP contribution >= 0.6 is 0 Å². The fraction of sp³-hybridized carbons (Fsp3) is 0.611. The van der Waals surface area contributed by atoms with Crippen LogP contribution in [-0.2, 0) is 11.3 Å². The standard InChI is InChI=1S/C18H24F2N2O/c19-18(20)8-6-16(7-9-18)17(23)22-12-10-21(11-13-22)14-15-4-2-1-3-5-15/h1-5,16H,6-14H2. The van der Waals surface area contributed by atoms with Gasteiger partial charge in [-0.2, -0.15) is 0 Å². The van der Waals surface area contributed by atoms with E-state index in [9.17, 15) is 13.6 Å². The Morgan fingerprint density at radius 3 is 2.26 bits per heavy atom. The van der Waals surface area contributed by atoms with Crippen molar-refractivity contribution in [2.75, 3.05) is 26.2 Å². The minimum absolute atomic E-state index is 0.0832. The van der Waals surface area contributed by atoms with E-state index in [-0.39, 0.29) is 24.7 Å². The molecule has 0 radical (unpaired) electrons. The van der Waals surface area contributed by atoms with Crippen LogP contribution in [0.15, 0.2) is 30.3 Å². The van der Waals surface area contributed by atoms with Gasteiger partial charge in [-0.3, -0.25) is 9.69 Å². The highest BCUT2D eigenvalue weighted by atomic mass is 19.3. The van der Waals surface area contributed by atoms with Gasteiger partial charge in [0.05, 0.1) is 0 Å². The van der Waals surface area contributed by atoms with Crippen molar-refractivity contribution in [3.8, 4) is 0 Å². The van der Waals surface area contributed by atoms with Crippen molar-refractivity contribution < 1.29 is 13.6 Å². The van der Waals surface area contributed by atoms with Crippen LogP contribution in [0.25, 0.3) is 0 Å². The van der Waals surface area contributed by atoms with Crippen molar-refractivity contribution in [2.45, 2.75) is 38.2 Å². The molecule has 1 aliphatic heterocycles. The molecule has 1 aliphatic carbocycles. The molecule has 2 aliphatic rings. The third-order valence-electron chi connectivity index (χ3n) is 5.00. The normalized spacial score (nSPS) is 23.0. The Balaban J connectivity index is 1.46. The molecule has 0 atom stereocenters. The molecule has 0 aromatic heterocycles. The van der Waals surface area contributed by atoms with Gasteiger partial charge in [0, 0.05) is 51.5 Å². The van der Waals surface area contributed by atoms with Crippen molar-refractivity contribution in [2.24, 2.45) is 5.92 Å². The van der Waals surface area contributed by atoms with E-state index in [4.69, 9.17) is 0 Å². The van der Waals surface area contributed by atoms with Crippen LogP contribution in [0.4, 0.5) is 8.78 Å². The number of nitrogens with zero attached hydrogens (tertiary/aromatic N) is 2. The van der Waals surface area contributed by atoms with E-state index < -0.39 is 5.92 Å². The zero-order valence-corrected chi connectivity index (χ0v) is 13.4. The number of amides is 1. The molecule has 1 aromatic rings. The van der Waals surface area contributed by atoms with Crippen molar-refractivity contribution in [1.82, 2.24) is 9.80 Å². The number of carbonyl (C=O) groups excluding carboxylic acids is 1. The number of piperazine rings is 1. The smallest absolute Gasteiger partial charge is 0.248 e. The number of rotatable bonds is 3. The lowest BCUT2D eigenvalue weighted by Gasteiger charge is -2.38. The Morgan fingerprint density at radius 2 is 1.65 bits per heavy atom. The van der Waals surface area contributed by atoms with Crippen LogP contribution in [0, 0.1) is 5.92 Å². The number of carbonyl (C=O) groups is 1. The highest BCUT2D eigenvalue weighted by Crippen LogP contribution is 2.36. The van der Waals surface area contributed by atoms with E-state index in [1.165, 1.54) is 5.56 Å². The Labute approximate surface area is 136 Å². The van der Waals surface area contributed by atoms with Crippen LogP contribution in [-0.4, -0.2) is 47.8 Å². The molecular weight excluding hydrogens is 298 g/mol. The second kappa shape index (κ2) is 6.95. The second-order valence-electron chi connectivity index (χ2n) is 6.72. The lowest BCUT2D eigenvalue weighted by atomic mass is 9.86. The summed E-state index contributed by atoms with van der Waals surface area (Å²) in [5, 5.41) is 0. The number of hydrogen-bond donors (Lipinski definition) is 0. The molecule has 1 amide bonds. The molecule has 0 bridgehead atoms. The van der Waals surface area contributed by atoms with Crippen LogP contribution < -0.4 is 0 Å². The SMILES string of the molecule is O=C(C1CCC(F)(F)CC1)N1CCN(Cc2ccccc2)CC1. The summed E-state index contributed by atoms with van der Waals surface area (Å²) in [7, 11) is 0. The first kappa shape index (κ1) is 16.4. The lowest BCUT2D eigenvalue weighted by Crippen LogP contribution is -2.50. The van der Waals surface area contributed by atoms with Gasteiger partial charge in [0.25, 0.3) is 0 Å². The highest BCUT2D eigenvalue weighted by Gasteiger charge is 2.39. The topological polar surface area (TPSA) is 23.6 Å². The Morgan fingerprint density at radius 1 is 1.04 bits per heavy atom. The molecule has 23 heavy (non-hydrogen) atoms. The number of halogens is 2. The summed E-state index contributed by atoms with van der Waals surface area (Å²) in [5.41, 5.74) is 1.28. The summed E-state index contributed by atoms with van der Waals surface area (Å²) in [4.78, 5) is 16.7. The van der Waals surface area contributed by atoms with Gasteiger partial charge < -0.3 is 4.90 Å². The van der Waals surface area contributed by atoms with Gasteiger partial charge in [0.1, 0.15) is 0 Å². The monoisotopic (exact) mass is 322 g/mol. The van der Waals surface area contributed by atoms with E-state index in [2.05, 4.69) is 17.0 Å². The zero-order chi connectivity index (χ0) is 16.3. The van der Waals surface area contributed by atoms with Crippen molar-refractivity contribution in [3.63, 3.8) is 0 Å². The van der Waals surface area contributed by atoms with Crippen molar-refractivity contribution in [1.29, 1.82) is 0 Å². The predicted octanol–water partition coefficient (Wildman–Crippen LogP) is 3.16. The molecule has 1 heterocycles. The maximum Gasteiger partial charge on any atom is 0.248 e. The van der Waals surface area contributed by atoms with Crippen LogP contribution in [0.5, 0.6) is 0 Å². The van der Waals surface area contributed by atoms with Gasteiger partial charge >= 0.3 is 0 Å². The van der Waals surface area contributed by atoms with Gasteiger partial charge in [-0.05, 0) is 18.4 Å². The van der Waals surface area contributed by atoms with Crippen molar-refractivity contribution >= 4 is 5.91 Å². The quantitative estimate of drug-likeness (QED) is 0.853. The third kappa shape index (κ3) is 4.28. The maximum atomic E-state index is 13.2.